The average Bonchev–Trinajstić information content (AvgIpc) is 3.26. The van der Waals surface area contributed by atoms with Crippen LogP contribution in [0.5, 0.6) is 0 Å². The summed E-state index contributed by atoms with van der Waals surface area (Å²) in [7, 11) is 3.45. The number of nitrogens with zero attached hydrogens (tertiary/aromatic N) is 4. The highest BCUT2D eigenvalue weighted by Gasteiger charge is 2.30. The van der Waals surface area contributed by atoms with Crippen molar-refractivity contribution in [2.45, 2.75) is 32.1 Å². The molecule has 1 N–H and O–H groups in total. The van der Waals surface area contributed by atoms with E-state index in [-0.39, 0.29) is 11.8 Å². The first-order valence-corrected chi connectivity index (χ1v) is 9.20. The van der Waals surface area contributed by atoms with E-state index in [9.17, 15) is 4.79 Å². The average molecular weight is 365 g/mol. The van der Waals surface area contributed by atoms with Gasteiger partial charge in [0.1, 0.15) is 4.88 Å². The molecule has 0 aliphatic carbocycles. The summed E-state index contributed by atoms with van der Waals surface area (Å²) in [5.74, 6) is 1.37. The Morgan fingerprint density at radius 1 is 1.48 bits per heavy atom. The van der Waals surface area contributed by atoms with Crippen LogP contribution in [-0.4, -0.2) is 59.8 Å². The Bertz CT molecular complexity index is 729. The largest absolute Gasteiger partial charge is 0.384 e. The lowest BCUT2D eigenvalue weighted by Gasteiger charge is -2.30. The van der Waals surface area contributed by atoms with Gasteiger partial charge in [0, 0.05) is 33.7 Å². The number of likely N-dealkylation sites (tertiary alicyclic amines) is 1. The van der Waals surface area contributed by atoms with Gasteiger partial charge in [-0.05, 0) is 19.8 Å². The van der Waals surface area contributed by atoms with Crippen LogP contribution in [0.3, 0.4) is 0 Å². The van der Waals surface area contributed by atoms with Crippen molar-refractivity contribution >= 4 is 22.4 Å². The molecule has 0 saturated carbocycles. The molecule has 1 saturated heterocycles. The highest BCUT2D eigenvalue weighted by atomic mass is 32.1. The van der Waals surface area contributed by atoms with Gasteiger partial charge < -0.3 is 19.5 Å². The first-order chi connectivity index (χ1) is 12.1. The molecule has 1 aliphatic rings. The van der Waals surface area contributed by atoms with Gasteiger partial charge in [-0.25, -0.2) is 4.98 Å². The number of thiazole rings is 1. The summed E-state index contributed by atoms with van der Waals surface area (Å²) in [6.45, 7) is 3.77. The predicted molar refractivity (Wildman–Crippen MR) is 94.2 cm³/mol. The molecule has 1 amide bonds. The van der Waals surface area contributed by atoms with E-state index >= 15 is 0 Å². The summed E-state index contributed by atoms with van der Waals surface area (Å²) in [6, 6.07) is 0. The Kier molecular flexibility index (Phi) is 5.64. The Morgan fingerprint density at radius 2 is 2.32 bits per heavy atom. The van der Waals surface area contributed by atoms with Gasteiger partial charge in [0.15, 0.2) is 11.0 Å². The van der Waals surface area contributed by atoms with Crippen molar-refractivity contribution in [3.05, 3.63) is 22.3 Å². The van der Waals surface area contributed by atoms with Crippen LogP contribution in [0.2, 0.25) is 0 Å². The Labute approximate surface area is 150 Å². The van der Waals surface area contributed by atoms with Crippen LogP contribution in [-0.2, 0) is 11.2 Å². The lowest BCUT2D eigenvalue weighted by Crippen LogP contribution is -2.39. The predicted octanol–water partition coefficient (Wildman–Crippen LogP) is 2.08. The first-order valence-electron chi connectivity index (χ1n) is 8.38. The van der Waals surface area contributed by atoms with Gasteiger partial charge in [0.25, 0.3) is 5.91 Å². The molecule has 0 radical (unpaired) electrons. The summed E-state index contributed by atoms with van der Waals surface area (Å²) < 4.78 is 10.4. The Morgan fingerprint density at radius 3 is 3.04 bits per heavy atom. The highest BCUT2D eigenvalue weighted by molar-refractivity contribution is 7.17. The van der Waals surface area contributed by atoms with E-state index < -0.39 is 0 Å². The first kappa shape index (κ1) is 17.8. The van der Waals surface area contributed by atoms with Gasteiger partial charge in [0.05, 0.1) is 18.2 Å². The van der Waals surface area contributed by atoms with Crippen molar-refractivity contribution in [2.75, 3.05) is 39.2 Å². The molecule has 1 aliphatic heterocycles. The molecular weight excluding hydrogens is 342 g/mol. The number of methoxy groups -OCH3 is 1. The molecule has 1 unspecified atom stereocenters. The third-order valence-electron chi connectivity index (χ3n) is 4.28. The lowest BCUT2D eigenvalue weighted by molar-refractivity contribution is 0.0699. The molecule has 3 rings (SSSR count). The van der Waals surface area contributed by atoms with E-state index in [1.54, 1.807) is 14.2 Å². The van der Waals surface area contributed by atoms with Crippen LogP contribution in [0.1, 0.15) is 45.8 Å². The van der Waals surface area contributed by atoms with Gasteiger partial charge in [0.2, 0.25) is 5.89 Å². The van der Waals surface area contributed by atoms with E-state index in [0.717, 1.165) is 30.2 Å². The second-order valence-corrected chi connectivity index (χ2v) is 7.06. The fourth-order valence-electron chi connectivity index (χ4n) is 2.94. The topological polar surface area (TPSA) is 93.4 Å². The zero-order valence-electron chi connectivity index (χ0n) is 14.7. The molecule has 0 aromatic carbocycles. The number of carbonyl (C=O) groups excluding carboxylic acids is 1. The van der Waals surface area contributed by atoms with Crippen LogP contribution < -0.4 is 5.32 Å². The minimum Gasteiger partial charge on any atom is -0.384 e. The number of hydrogen-bond donors (Lipinski definition) is 1. The molecule has 136 valence electrons. The maximum Gasteiger partial charge on any atom is 0.265 e. The minimum atomic E-state index is 0.0281. The van der Waals surface area contributed by atoms with Crippen LogP contribution in [0.25, 0.3) is 0 Å². The monoisotopic (exact) mass is 365 g/mol. The molecule has 3 heterocycles. The van der Waals surface area contributed by atoms with Crippen molar-refractivity contribution in [1.29, 1.82) is 0 Å². The van der Waals surface area contributed by atoms with Gasteiger partial charge in [-0.15, -0.1) is 0 Å². The summed E-state index contributed by atoms with van der Waals surface area (Å²) in [6.07, 6.45) is 2.49. The number of ether oxygens (including phenoxy) is 1. The van der Waals surface area contributed by atoms with Gasteiger partial charge in [-0.3, -0.25) is 4.79 Å². The van der Waals surface area contributed by atoms with Crippen LogP contribution in [0.4, 0.5) is 5.13 Å². The molecule has 2 aromatic heterocycles. The zero-order chi connectivity index (χ0) is 17.8. The van der Waals surface area contributed by atoms with E-state index in [1.165, 1.54) is 11.3 Å². The number of aryl methyl sites for hydroxylation is 1. The third kappa shape index (κ3) is 3.98. The van der Waals surface area contributed by atoms with Crippen LogP contribution >= 0.6 is 11.3 Å². The number of aromatic nitrogens is 3. The number of carbonyl (C=O) groups is 1. The molecule has 9 heteroatoms. The van der Waals surface area contributed by atoms with Crippen molar-refractivity contribution in [3.8, 4) is 0 Å². The lowest BCUT2D eigenvalue weighted by atomic mass is 9.98. The van der Waals surface area contributed by atoms with E-state index in [0.29, 0.717) is 36.2 Å². The van der Waals surface area contributed by atoms with Crippen molar-refractivity contribution in [2.24, 2.45) is 0 Å². The minimum absolute atomic E-state index is 0.0281. The summed E-state index contributed by atoms with van der Waals surface area (Å²) in [5.41, 5.74) is 0.765. The number of nitrogens with one attached hydrogen (secondary N) is 1. The number of rotatable bonds is 6. The maximum absolute atomic E-state index is 12.9. The van der Waals surface area contributed by atoms with E-state index in [1.807, 2.05) is 11.8 Å². The Hall–Kier alpha value is -2.00. The zero-order valence-corrected chi connectivity index (χ0v) is 15.6. The normalized spacial score (nSPS) is 17.7. The SMILES string of the molecule is CNc1nc(C)c(C(=O)N2CCCC(c3nc(CCOC)no3)C2)s1. The highest BCUT2D eigenvalue weighted by Crippen LogP contribution is 2.29. The Balaban J connectivity index is 1.69. The van der Waals surface area contributed by atoms with Gasteiger partial charge >= 0.3 is 0 Å². The second-order valence-electron chi connectivity index (χ2n) is 6.07. The second kappa shape index (κ2) is 7.92. The molecule has 0 bridgehead atoms. The molecule has 1 atom stereocenters. The fourth-order valence-corrected chi connectivity index (χ4v) is 3.82. The van der Waals surface area contributed by atoms with E-state index in [4.69, 9.17) is 9.26 Å². The molecule has 2 aromatic rings. The number of piperidine rings is 1. The summed E-state index contributed by atoms with van der Waals surface area (Å²) in [5, 5.41) is 7.75. The number of anilines is 1. The van der Waals surface area contributed by atoms with Gasteiger partial charge in [-0.1, -0.05) is 16.5 Å². The number of amides is 1. The van der Waals surface area contributed by atoms with E-state index in [2.05, 4.69) is 20.4 Å². The molecule has 8 nitrogen and oxygen atoms in total. The molecule has 25 heavy (non-hydrogen) atoms. The summed E-state index contributed by atoms with van der Waals surface area (Å²) >= 11 is 1.39. The smallest absolute Gasteiger partial charge is 0.265 e. The van der Waals surface area contributed by atoms with Crippen molar-refractivity contribution in [3.63, 3.8) is 0 Å². The number of hydrogen-bond acceptors (Lipinski definition) is 8. The third-order valence-corrected chi connectivity index (χ3v) is 5.44. The summed E-state index contributed by atoms with van der Waals surface area (Å²) in [4.78, 5) is 24.2. The quantitative estimate of drug-likeness (QED) is 0.837. The fraction of sp³-hybridized carbons (Fsp3) is 0.625. The molecule has 1 fully saturated rings. The van der Waals surface area contributed by atoms with Crippen molar-refractivity contribution < 1.29 is 14.1 Å². The van der Waals surface area contributed by atoms with Crippen LogP contribution in [0.15, 0.2) is 4.52 Å². The van der Waals surface area contributed by atoms with Crippen LogP contribution in [0, 0.1) is 6.92 Å². The maximum atomic E-state index is 12.9. The molecule has 0 spiro atoms. The molecular formula is C16H23N5O3S. The van der Waals surface area contributed by atoms with Gasteiger partial charge in [-0.2, -0.15) is 4.98 Å². The standard InChI is InChI=1S/C16H23N5O3S/c1-10-13(25-16(17-2)18-10)15(22)21-7-4-5-11(9-21)14-19-12(20-24-14)6-8-23-3/h11H,4-9H2,1-3H3,(H,17,18). The van der Waals surface area contributed by atoms with Crippen molar-refractivity contribution in [1.82, 2.24) is 20.0 Å².